The van der Waals surface area contributed by atoms with Crippen molar-refractivity contribution in [3.05, 3.63) is 11.6 Å². The van der Waals surface area contributed by atoms with Crippen LogP contribution in [-0.2, 0) is 0 Å². The number of hydrogen-bond acceptors (Lipinski definition) is 4. The molecule has 1 saturated carbocycles. The summed E-state index contributed by atoms with van der Waals surface area (Å²) in [6.45, 7) is 0. The minimum Gasteiger partial charge on any atom is -0.392 e. The van der Waals surface area contributed by atoms with Gasteiger partial charge in [0.1, 0.15) is 4.34 Å². The molecule has 0 amide bonds. The number of thioether (sulfide) groups is 1. The van der Waals surface area contributed by atoms with Gasteiger partial charge < -0.3 is 5.11 Å². The number of aliphatic hydroxyl groups excluding tert-OH is 1. The van der Waals surface area contributed by atoms with Gasteiger partial charge in [0.2, 0.25) is 0 Å². The third kappa shape index (κ3) is 1.81. The van der Waals surface area contributed by atoms with Crippen LogP contribution in [0.5, 0.6) is 0 Å². The van der Waals surface area contributed by atoms with Gasteiger partial charge in [-0.2, -0.15) is 0 Å². The minimum absolute atomic E-state index is 0.112. The Morgan fingerprint density at radius 1 is 1.58 bits per heavy atom. The molecule has 1 heterocycles. The monoisotopic (exact) mass is 201 g/mol. The highest BCUT2D eigenvalue weighted by Gasteiger charge is 2.26. The van der Waals surface area contributed by atoms with Crippen molar-refractivity contribution in [3.8, 4) is 0 Å². The van der Waals surface area contributed by atoms with Gasteiger partial charge in [-0.05, 0) is 19.3 Å². The molecule has 2 atom stereocenters. The first kappa shape index (κ1) is 8.53. The maximum atomic E-state index is 9.54. The zero-order chi connectivity index (χ0) is 8.39. The van der Waals surface area contributed by atoms with Gasteiger partial charge in [0, 0.05) is 16.8 Å². The van der Waals surface area contributed by atoms with E-state index in [0.717, 1.165) is 23.6 Å². The summed E-state index contributed by atoms with van der Waals surface area (Å²) < 4.78 is 1.08. The van der Waals surface area contributed by atoms with Crippen LogP contribution < -0.4 is 0 Å². The third-order valence-electron chi connectivity index (χ3n) is 2.08. The fourth-order valence-electron chi connectivity index (χ4n) is 1.44. The first-order valence-electron chi connectivity index (χ1n) is 4.10. The van der Waals surface area contributed by atoms with Gasteiger partial charge in [-0.25, -0.2) is 4.98 Å². The average molecular weight is 201 g/mol. The van der Waals surface area contributed by atoms with Crippen LogP contribution in [0.1, 0.15) is 19.3 Å². The van der Waals surface area contributed by atoms with Gasteiger partial charge in [0.25, 0.3) is 0 Å². The van der Waals surface area contributed by atoms with E-state index in [4.69, 9.17) is 0 Å². The molecule has 1 aromatic rings. The second-order valence-corrected chi connectivity index (χ2v) is 5.33. The third-order valence-corrected chi connectivity index (χ3v) is 4.38. The van der Waals surface area contributed by atoms with Crippen LogP contribution in [0.3, 0.4) is 0 Å². The molecule has 0 aromatic carbocycles. The number of thiazole rings is 1. The van der Waals surface area contributed by atoms with Gasteiger partial charge in [0.15, 0.2) is 0 Å². The van der Waals surface area contributed by atoms with Crippen molar-refractivity contribution in [1.82, 2.24) is 4.98 Å². The van der Waals surface area contributed by atoms with Gasteiger partial charge >= 0.3 is 0 Å². The van der Waals surface area contributed by atoms with Crippen LogP contribution >= 0.6 is 23.1 Å². The summed E-state index contributed by atoms with van der Waals surface area (Å²) in [5.41, 5.74) is 0. The molecule has 4 heteroatoms. The first-order chi connectivity index (χ1) is 5.86. The lowest BCUT2D eigenvalue weighted by Gasteiger charge is -2.10. The van der Waals surface area contributed by atoms with Crippen LogP contribution in [0.15, 0.2) is 15.9 Å². The molecular weight excluding hydrogens is 190 g/mol. The first-order valence-corrected chi connectivity index (χ1v) is 5.86. The maximum absolute atomic E-state index is 9.54. The summed E-state index contributed by atoms with van der Waals surface area (Å²) in [5.74, 6) is 0. The summed E-state index contributed by atoms with van der Waals surface area (Å²) in [6.07, 6.45) is 4.95. The summed E-state index contributed by atoms with van der Waals surface area (Å²) in [6, 6.07) is 0. The molecular formula is C8H11NOS2. The number of rotatable bonds is 2. The number of hydrogen-bond donors (Lipinski definition) is 1. The zero-order valence-corrected chi connectivity index (χ0v) is 8.27. The van der Waals surface area contributed by atoms with E-state index in [2.05, 4.69) is 4.98 Å². The smallest absolute Gasteiger partial charge is 0.150 e. The molecule has 0 radical (unpaired) electrons. The van der Waals surface area contributed by atoms with Gasteiger partial charge in [-0.15, -0.1) is 11.3 Å². The highest BCUT2D eigenvalue weighted by molar-refractivity contribution is 8.01. The van der Waals surface area contributed by atoms with Crippen molar-refractivity contribution < 1.29 is 5.11 Å². The Kier molecular flexibility index (Phi) is 2.68. The number of aliphatic hydroxyl groups is 1. The number of aromatic nitrogens is 1. The van der Waals surface area contributed by atoms with Gasteiger partial charge in [-0.3, -0.25) is 0 Å². The Balaban J connectivity index is 1.95. The van der Waals surface area contributed by atoms with Crippen LogP contribution in [0.25, 0.3) is 0 Å². The van der Waals surface area contributed by atoms with Crippen molar-refractivity contribution in [2.24, 2.45) is 0 Å². The minimum atomic E-state index is -0.112. The Morgan fingerprint density at radius 2 is 2.50 bits per heavy atom. The molecule has 1 aliphatic carbocycles. The van der Waals surface area contributed by atoms with Crippen molar-refractivity contribution in [1.29, 1.82) is 0 Å². The molecule has 2 rings (SSSR count). The molecule has 0 aliphatic heterocycles. The van der Waals surface area contributed by atoms with Crippen molar-refractivity contribution in [2.75, 3.05) is 0 Å². The van der Waals surface area contributed by atoms with Gasteiger partial charge in [0.05, 0.1) is 6.10 Å². The van der Waals surface area contributed by atoms with Crippen LogP contribution in [0.4, 0.5) is 0 Å². The van der Waals surface area contributed by atoms with Crippen LogP contribution in [-0.4, -0.2) is 21.4 Å². The molecule has 1 N–H and O–H groups in total. The SMILES string of the molecule is O[C@H]1CCC[C@@H]1Sc1nccs1. The Hall–Kier alpha value is -0.0600. The lowest BCUT2D eigenvalue weighted by Crippen LogP contribution is -2.14. The fraction of sp³-hybridized carbons (Fsp3) is 0.625. The predicted octanol–water partition coefficient (Wildman–Crippen LogP) is 2.15. The van der Waals surface area contributed by atoms with E-state index in [1.807, 2.05) is 11.6 Å². The van der Waals surface area contributed by atoms with Crippen molar-refractivity contribution in [2.45, 2.75) is 35.0 Å². The summed E-state index contributed by atoms with van der Waals surface area (Å²) >= 11 is 3.38. The van der Waals surface area contributed by atoms with Crippen molar-refractivity contribution >= 4 is 23.1 Å². The quantitative estimate of drug-likeness (QED) is 0.796. The molecule has 66 valence electrons. The Morgan fingerprint density at radius 3 is 3.08 bits per heavy atom. The molecule has 0 saturated heterocycles. The van der Waals surface area contributed by atoms with E-state index in [1.165, 1.54) is 0 Å². The van der Waals surface area contributed by atoms with Crippen LogP contribution in [0, 0.1) is 0 Å². The highest BCUT2D eigenvalue weighted by Crippen LogP contribution is 2.35. The second kappa shape index (κ2) is 3.77. The highest BCUT2D eigenvalue weighted by atomic mass is 32.2. The summed E-state index contributed by atoms with van der Waals surface area (Å²) in [4.78, 5) is 4.18. The molecule has 0 bridgehead atoms. The normalized spacial score (nSPS) is 29.4. The molecule has 1 aromatic heterocycles. The topological polar surface area (TPSA) is 33.1 Å². The van der Waals surface area contributed by atoms with E-state index in [0.29, 0.717) is 5.25 Å². The second-order valence-electron chi connectivity index (χ2n) is 2.95. The van der Waals surface area contributed by atoms with E-state index >= 15 is 0 Å². The largest absolute Gasteiger partial charge is 0.392 e. The fourth-order valence-corrected chi connectivity index (χ4v) is 3.52. The van der Waals surface area contributed by atoms with E-state index in [9.17, 15) is 5.11 Å². The van der Waals surface area contributed by atoms with Crippen LogP contribution in [0.2, 0.25) is 0 Å². The zero-order valence-electron chi connectivity index (χ0n) is 6.64. The lowest BCUT2D eigenvalue weighted by molar-refractivity contribution is 0.188. The average Bonchev–Trinajstić information content (AvgIpc) is 2.65. The number of nitrogens with zero attached hydrogens (tertiary/aromatic N) is 1. The predicted molar refractivity (Wildman–Crippen MR) is 51.6 cm³/mol. The summed E-state index contributed by atoms with van der Waals surface area (Å²) in [7, 11) is 0. The molecule has 1 fully saturated rings. The van der Waals surface area contributed by atoms with E-state index in [1.54, 1.807) is 23.1 Å². The standard InChI is InChI=1S/C8H11NOS2/c10-6-2-1-3-7(6)12-8-9-4-5-11-8/h4-7,10H,1-3H2/t6-,7-/m0/s1. The van der Waals surface area contributed by atoms with Crippen molar-refractivity contribution in [3.63, 3.8) is 0 Å². The molecule has 12 heavy (non-hydrogen) atoms. The maximum Gasteiger partial charge on any atom is 0.150 e. The Labute approximate surface area is 80.0 Å². The molecule has 0 spiro atoms. The van der Waals surface area contributed by atoms with Gasteiger partial charge in [-0.1, -0.05) is 11.8 Å². The van der Waals surface area contributed by atoms with E-state index in [-0.39, 0.29) is 6.10 Å². The lowest BCUT2D eigenvalue weighted by atomic mass is 10.3. The summed E-state index contributed by atoms with van der Waals surface area (Å²) in [5, 5.41) is 11.9. The molecule has 0 unspecified atom stereocenters. The van der Waals surface area contributed by atoms with E-state index < -0.39 is 0 Å². The molecule has 2 nitrogen and oxygen atoms in total. The Bertz CT molecular complexity index is 237. The molecule has 1 aliphatic rings.